The second-order valence-corrected chi connectivity index (χ2v) is 9.75. The molecule has 0 N–H and O–H groups in total. The van der Waals surface area contributed by atoms with E-state index >= 15 is 0 Å². The Kier molecular flexibility index (Phi) is 4.34. The molecule has 0 aromatic heterocycles. The van der Waals surface area contributed by atoms with Crippen molar-refractivity contribution < 1.29 is 17.9 Å². The first-order valence-corrected chi connectivity index (χ1v) is 10.4. The second-order valence-electron chi connectivity index (χ2n) is 7.81. The summed E-state index contributed by atoms with van der Waals surface area (Å²) in [5, 5.41) is 0. The Balaban J connectivity index is 1.62. The molecular weight excluding hydrogens is 314 g/mol. The number of nitrogens with zero attached hydrogens (tertiary/aromatic N) is 1. The first-order chi connectivity index (χ1) is 10.7. The number of carbonyl (C=O) groups is 1. The summed E-state index contributed by atoms with van der Waals surface area (Å²) in [6.45, 7) is 5.30. The Hall–Kier alpha value is -0.880. The van der Waals surface area contributed by atoms with Crippen LogP contribution in [0.3, 0.4) is 0 Å². The zero-order valence-electron chi connectivity index (χ0n) is 14.2. The molecule has 1 saturated heterocycles. The third-order valence-corrected chi connectivity index (χ3v) is 7.40. The SMILES string of the molecule is CC1(C)[C@H]2CC=C(COC(=O)C3CCCCN3S(C)(=O)=O)[C@@H]1C2. The maximum absolute atomic E-state index is 12.4. The molecule has 1 aliphatic heterocycles. The highest BCUT2D eigenvalue weighted by Crippen LogP contribution is 2.59. The molecule has 6 heteroatoms. The number of ether oxygens (including phenoxy) is 1. The number of hydrogen-bond acceptors (Lipinski definition) is 4. The first-order valence-electron chi connectivity index (χ1n) is 8.53. The minimum atomic E-state index is -3.37. The summed E-state index contributed by atoms with van der Waals surface area (Å²) in [7, 11) is -3.37. The van der Waals surface area contributed by atoms with Gasteiger partial charge in [-0.3, -0.25) is 4.79 Å². The van der Waals surface area contributed by atoms with Gasteiger partial charge in [0.05, 0.1) is 6.26 Å². The number of rotatable bonds is 4. The van der Waals surface area contributed by atoms with Gasteiger partial charge in [0.2, 0.25) is 10.0 Å². The van der Waals surface area contributed by atoms with Gasteiger partial charge in [0, 0.05) is 6.54 Å². The normalized spacial score (nSPS) is 33.5. The summed E-state index contributed by atoms with van der Waals surface area (Å²) in [6, 6.07) is -0.648. The predicted molar refractivity (Wildman–Crippen MR) is 88.2 cm³/mol. The van der Waals surface area contributed by atoms with Crippen molar-refractivity contribution in [2.24, 2.45) is 17.3 Å². The van der Waals surface area contributed by atoms with E-state index in [-0.39, 0.29) is 0 Å². The zero-order valence-corrected chi connectivity index (χ0v) is 15.1. The van der Waals surface area contributed by atoms with E-state index in [1.54, 1.807) is 0 Å². The molecule has 1 saturated carbocycles. The molecule has 0 spiro atoms. The van der Waals surface area contributed by atoms with Crippen LogP contribution in [0.4, 0.5) is 0 Å². The Labute approximate surface area is 139 Å². The molecule has 3 atom stereocenters. The Morgan fingerprint density at radius 3 is 2.74 bits per heavy atom. The van der Waals surface area contributed by atoms with Crippen molar-refractivity contribution in [3.63, 3.8) is 0 Å². The van der Waals surface area contributed by atoms with Crippen LogP contribution in [-0.4, -0.2) is 44.1 Å². The third-order valence-electron chi connectivity index (χ3n) is 6.12. The fourth-order valence-electron chi connectivity index (χ4n) is 4.43. The van der Waals surface area contributed by atoms with Crippen LogP contribution < -0.4 is 0 Å². The number of piperidine rings is 1. The number of sulfonamides is 1. The topological polar surface area (TPSA) is 63.7 Å². The molecule has 1 unspecified atom stereocenters. The fraction of sp³-hybridized carbons (Fsp3) is 0.824. The fourth-order valence-corrected chi connectivity index (χ4v) is 5.54. The van der Waals surface area contributed by atoms with Gasteiger partial charge in [0.15, 0.2) is 0 Å². The lowest BCUT2D eigenvalue weighted by Gasteiger charge is -2.56. The highest BCUT2D eigenvalue weighted by molar-refractivity contribution is 7.88. The van der Waals surface area contributed by atoms with E-state index in [4.69, 9.17) is 4.74 Å². The average Bonchev–Trinajstić information content (AvgIpc) is 2.51. The average molecular weight is 341 g/mol. The predicted octanol–water partition coefficient (Wildman–Crippen LogP) is 2.34. The van der Waals surface area contributed by atoms with Crippen molar-refractivity contribution in [1.29, 1.82) is 0 Å². The van der Waals surface area contributed by atoms with E-state index in [1.807, 2.05) is 0 Å². The van der Waals surface area contributed by atoms with Crippen LogP contribution in [0.2, 0.25) is 0 Å². The Bertz CT molecular complexity index is 623. The number of allylic oxidation sites excluding steroid dienone is 1. The molecule has 130 valence electrons. The van der Waals surface area contributed by atoms with Gasteiger partial charge in [0.1, 0.15) is 12.6 Å². The van der Waals surface area contributed by atoms with Gasteiger partial charge in [-0.05, 0) is 54.9 Å². The van der Waals surface area contributed by atoms with Gasteiger partial charge in [-0.2, -0.15) is 4.31 Å². The smallest absolute Gasteiger partial charge is 0.324 e. The molecular formula is C17H27NO4S. The Morgan fingerprint density at radius 2 is 2.13 bits per heavy atom. The van der Waals surface area contributed by atoms with E-state index < -0.39 is 22.0 Å². The van der Waals surface area contributed by atoms with Crippen LogP contribution in [-0.2, 0) is 19.6 Å². The molecule has 0 aromatic rings. The zero-order chi connectivity index (χ0) is 16.8. The van der Waals surface area contributed by atoms with Crippen LogP contribution in [0.1, 0.15) is 46.0 Å². The minimum absolute atomic E-state index is 0.306. The second kappa shape index (κ2) is 5.88. The van der Waals surface area contributed by atoms with Crippen LogP contribution in [0.15, 0.2) is 11.6 Å². The minimum Gasteiger partial charge on any atom is -0.460 e. The highest BCUT2D eigenvalue weighted by Gasteiger charge is 2.51. The summed E-state index contributed by atoms with van der Waals surface area (Å²) in [5.74, 6) is 0.868. The summed E-state index contributed by atoms with van der Waals surface area (Å²) >= 11 is 0. The van der Waals surface area contributed by atoms with E-state index in [0.29, 0.717) is 30.9 Å². The van der Waals surface area contributed by atoms with Gasteiger partial charge >= 0.3 is 5.97 Å². The number of fused-ring (bicyclic) bond motifs is 1. The maximum atomic E-state index is 12.4. The summed E-state index contributed by atoms with van der Waals surface area (Å²) in [5.41, 5.74) is 1.52. The lowest BCUT2D eigenvalue weighted by molar-refractivity contribution is -0.149. The van der Waals surface area contributed by atoms with Crippen LogP contribution in [0.5, 0.6) is 0 Å². The van der Waals surface area contributed by atoms with Crippen molar-refractivity contribution in [3.05, 3.63) is 11.6 Å². The van der Waals surface area contributed by atoms with Crippen molar-refractivity contribution >= 4 is 16.0 Å². The lowest BCUT2D eigenvalue weighted by atomic mass is 9.49. The van der Waals surface area contributed by atoms with E-state index in [1.165, 1.54) is 22.6 Å². The summed E-state index contributed by atoms with van der Waals surface area (Å²) < 4.78 is 30.5. The molecule has 4 rings (SSSR count). The Morgan fingerprint density at radius 1 is 1.39 bits per heavy atom. The van der Waals surface area contributed by atoms with Crippen molar-refractivity contribution in [2.75, 3.05) is 19.4 Å². The molecule has 5 nitrogen and oxygen atoms in total. The molecule has 0 radical (unpaired) electrons. The van der Waals surface area contributed by atoms with E-state index in [0.717, 1.165) is 25.2 Å². The standard InChI is InChI=1S/C17H27NO4S/c1-17(2)13-8-7-12(14(17)10-13)11-22-16(19)15-6-4-5-9-18(15)23(3,20)21/h7,13-15H,4-6,8-11H2,1-3H3/t13-,14-,15?/m0/s1. The monoisotopic (exact) mass is 341 g/mol. The van der Waals surface area contributed by atoms with Crippen LogP contribution in [0.25, 0.3) is 0 Å². The molecule has 4 aliphatic rings. The van der Waals surface area contributed by atoms with Crippen molar-refractivity contribution in [1.82, 2.24) is 4.31 Å². The largest absolute Gasteiger partial charge is 0.460 e. The van der Waals surface area contributed by atoms with Gasteiger partial charge in [-0.1, -0.05) is 19.9 Å². The summed E-state index contributed by atoms with van der Waals surface area (Å²) in [4.78, 5) is 12.4. The number of hydrogen-bond donors (Lipinski definition) is 0. The van der Waals surface area contributed by atoms with Crippen LogP contribution in [0, 0.1) is 17.3 Å². The molecule has 0 aromatic carbocycles. The van der Waals surface area contributed by atoms with Gasteiger partial charge < -0.3 is 4.74 Å². The van der Waals surface area contributed by atoms with Crippen molar-refractivity contribution in [3.8, 4) is 0 Å². The lowest BCUT2D eigenvalue weighted by Crippen LogP contribution is -2.50. The molecule has 0 amide bonds. The number of esters is 1. The van der Waals surface area contributed by atoms with Gasteiger partial charge in [-0.15, -0.1) is 0 Å². The molecule has 2 bridgehead atoms. The molecule has 1 heterocycles. The first kappa shape index (κ1) is 17.0. The van der Waals surface area contributed by atoms with Crippen molar-refractivity contribution in [2.45, 2.75) is 52.0 Å². The quantitative estimate of drug-likeness (QED) is 0.581. The van der Waals surface area contributed by atoms with Gasteiger partial charge in [-0.25, -0.2) is 8.42 Å². The molecule has 2 fully saturated rings. The highest BCUT2D eigenvalue weighted by atomic mass is 32.2. The van der Waals surface area contributed by atoms with Gasteiger partial charge in [0.25, 0.3) is 0 Å². The van der Waals surface area contributed by atoms with E-state index in [9.17, 15) is 13.2 Å². The molecule has 23 heavy (non-hydrogen) atoms. The van der Waals surface area contributed by atoms with E-state index in [2.05, 4.69) is 19.9 Å². The third kappa shape index (κ3) is 3.07. The maximum Gasteiger partial charge on any atom is 0.324 e. The van der Waals surface area contributed by atoms with Crippen LogP contribution >= 0.6 is 0 Å². The summed E-state index contributed by atoms with van der Waals surface area (Å²) in [6.07, 6.45) is 7.86. The number of carbonyl (C=O) groups excluding carboxylic acids is 1. The molecule has 3 aliphatic carbocycles.